The fourth-order valence-corrected chi connectivity index (χ4v) is 4.48. The molecule has 168 valence electrons. The van der Waals surface area contributed by atoms with E-state index in [9.17, 15) is 14.4 Å². The van der Waals surface area contributed by atoms with Crippen LogP contribution in [0.1, 0.15) is 43.2 Å². The molecule has 1 unspecified atom stereocenters. The van der Waals surface area contributed by atoms with Gasteiger partial charge in [0.15, 0.2) is 0 Å². The molecule has 32 heavy (non-hydrogen) atoms. The van der Waals surface area contributed by atoms with Gasteiger partial charge in [0, 0.05) is 19.0 Å². The van der Waals surface area contributed by atoms with Crippen molar-refractivity contribution in [1.82, 2.24) is 10.2 Å². The minimum Gasteiger partial charge on any atom is -0.481 e. The molecule has 4 rings (SSSR count). The topological polar surface area (TPSA) is 95.9 Å². The summed E-state index contributed by atoms with van der Waals surface area (Å²) < 4.78 is 5.58. The lowest BCUT2D eigenvalue weighted by atomic mass is 9.98. The smallest absolute Gasteiger partial charge is 0.407 e. The van der Waals surface area contributed by atoms with Crippen LogP contribution in [0.15, 0.2) is 48.5 Å². The third kappa shape index (κ3) is 4.33. The van der Waals surface area contributed by atoms with Gasteiger partial charge in [-0.1, -0.05) is 68.3 Å². The van der Waals surface area contributed by atoms with E-state index in [4.69, 9.17) is 9.84 Å². The van der Waals surface area contributed by atoms with Gasteiger partial charge in [0.05, 0.1) is 5.92 Å². The van der Waals surface area contributed by atoms with Crippen molar-refractivity contribution in [3.05, 3.63) is 59.7 Å². The zero-order valence-corrected chi connectivity index (χ0v) is 18.1. The van der Waals surface area contributed by atoms with Crippen LogP contribution in [-0.2, 0) is 14.3 Å². The number of carboxylic acid groups (broad SMARTS) is 1. The van der Waals surface area contributed by atoms with E-state index in [-0.39, 0.29) is 31.5 Å². The van der Waals surface area contributed by atoms with Gasteiger partial charge < -0.3 is 20.1 Å². The second-order valence-electron chi connectivity index (χ2n) is 8.44. The lowest BCUT2D eigenvalue weighted by molar-refractivity contribution is -0.153. The van der Waals surface area contributed by atoms with E-state index >= 15 is 0 Å². The van der Waals surface area contributed by atoms with Gasteiger partial charge >= 0.3 is 12.1 Å². The van der Waals surface area contributed by atoms with Gasteiger partial charge in [0.1, 0.15) is 12.6 Å². The van der Waals surface area contributed by atoms with Crippen LogP contribution in [0.3, 0.4) is 0 Å². The molecule has 0 aromatic heterocycles. The average molecular weight is 437 g/mol. The van der Waals surface area contributed by atoms with Gasteiger partial charge in [-0.25, -0.2) is 4.79 Å². The number of nitrogens with zero attached hydrogens (tertiary/aromatic N) is 1. The Hall–Kier alpha value is -3.35. The van der Waals surface area contributed by atoms with Crippen molar-refractivity contribution in [2.45, 2.75) is 38.1 Å². The Bertz CT molecular complexity index is 969. The number of hydrogen-bond donors (Lipinski definition) is 2. The average Bonchev–Trinajstić information content (AvgIpc) is 3.07. The summed E-state index contributed by atoms with van der Waals surface area (Å²) in [6, 6.07) is 15.5. The zero-order valence-electron chi connectivity index (χ0n) is 18.1. The number of ether oxygens (including phenoxy) is 1. The fourth-order valence-electron chi connectivity index (χ4n) is 4.48. The number of nitrogens with one attached hydrogen (secondary N) is 1. The number of likely N-dealkylation sites (tertiary alicyclic amines) is 1. The molecule has 0 spiro atoms. The molecule has 0 saturated carbocycles. The summed E-state index contributed by atoms with van der Waals surface area (Å²) in [6.45, 7) is 2.56. The zero-order chi connectivity index (χ0) is 22.7. The number of carboxylic acids is 1. The summed E-state index contributed by atoms with van der Waals surface area (Å²) in [5.41, 5.74) is 4.55. The van der Waals surface area contributed by atoms with Crippen LogP contribution >= 0.6 is 0 Å². The molecule has 2 aliphatic rings. The maximum atomic E-state index is 12.8. The number of hydrogen-bond acceptors (Lipinski definition) is 4. The van der Waals surface area contributed by atoms with E-state index in [1.807, 2.05) is 31.2 Å². The van der Waals surface area contributed by atoms with Gasteiger partial charge in [-0.15, -0.1) is 0 Å². The quantitative estimate of drug-likeness (QED) is 0.659. The highest BCUT2D eigenvalue weighted by Crippen LogP contribution is 2.44. The Balaban J connectivity index is 1.39. The minimum atomic E-state index is -0.899. The second kappa shape index (κ2) is 9.42. The van der Waals surface area contributed by atoms with Crippen LogP contribution in [0.5, 0.6) is 0 Å². The lowest BCUT2D eigenvalue weighted by Gasteiger charge is -2.38. The highest BCUT2D eigenvalue weighted by atomic mass is 16.5. The summed E-state index contributed by atoms with van der Waals surface area (Å²) in [5, 5.41) is 11.8. The number of unbranched alkanes of at least 4 members (excludes halogenated alkanes) is 1. The standard InChI is InChI=1S/C25H28N2O5/c1-2-3-12-22(23(28)27-13-16(14-27)24(29)30)26-25(31)32-15-21-19-10-6-4-8-17(19)18-9-5-7-11-20(18)21/h4-11,16,21-22H,2-3,12-15H2,1H3,(H,26,31)(H,29,30). The van der Waals surface area contributed by atoms with Gasteiger partial charge in [0.25, 0.3) is 0 Å². The van der Waals surface area contributed by atoms with Gasteiger partial charge in [0.2, 0.25) is 5.91 Å². The molecule has 1 aliphatic carbocycles. The Kier molecular flexibility index (Phi) is 6.44. The summed E-state index contributed by atoms with van der Waals surface area (Å²) in [6.07, 6.45) is 1.52. The van der Waals surface area contributed by atoms with E-state index < -0.39 is 24.0 Å². The third-order valence-corrected chi connectivity index (χ3v) is 6.32. The molecule has 2 aromatic rings. The van der Waals surface area contributed by atoms with E-state index in [2.05, 4.69) is 29.6 Å². The summed E-state index contributed by atoms with van der Waals surface area (Å²) >= 11 is 0. The van der Waals surface area contributed by atoms with Crippen LogP contribution in [-0.4, -0.2) is 53.7 Å². The van der Waals surface area contributed by atoms with Crippen molar-refractivity contribution >= 4 is 18.0 Å². The molecular formula is C25H28N2O5. The van der Waals surface area contributed by atoms with Crippen LogP contribution in [0.4, 0.5) is 4.79 Å². The van der Waals surface area contributed by atoms with Crippen molar-refractivity contribution in [2.75, 3.05) is 19.7 Å². The second-order valence-corrected chi connectivity index (χ2v) is 8.44. The fraction of sp³-hybridized carbons (Fsp3) is 0.400. The number of aliphatic carboxylic acids is 1. The van der Waals surface area contributed by atoms with E-state index in [0.717, 1.165) is 35.1 Å². The first-order valence-electron chi connectivity index (χ1n) is 11.1. The molecule has 1 fully saturated rings. The van der Waals surface area contributed by atoms with Crippen molar-refractivity contribution in [1.29, 1.82) is 0 Å². The molecule has 2 N–H and O–H groups in total. The Morgan fingerprint density at radius 2 is 1.66 bits per heavy atom. The van der Waals surface area contributed by atoms with Gasteiger partial charge in [-0.2, -0.15) is 0 Å². The maximum absolute atomic E-state index is 12.8. The predicted octanol–water partition coefficient (Wildman–Crippen LogP) is 3.63. The van der Waals surface area contributed by atoms with Crippen LogP contribution in [0.25, 0.3) is 11.1 Å². The molecule has 2 amide bonds. The Labute approximate surface area is 187 Å². The highest BCUT2D eigenvalue weighted by molar-refractivity contribution is 5.88. The molecule has 7 heteroatoms. The van der Waals surface area contributed by atoms with Gasteiger partial charge in [-0.05, 0) is 28.7 Å². The number of carbonyl (C=O) groups excluding carboxylic acids is 2. The molecule has 0 radical (unpaired) electrons. The van der Waals surface area contributed by atoms with Crippen LogP contribution < -0.4 is 5.32 Å². The third-order valence-electron chi connectivity index (χ3n) is 6.32. The molecule has 1 atom stereocenters. The molecule has 1 heterocycles. The number of benzene rings is 2. The number of rotatable bonds is 8. The monoisotopic (exact) mass is 436 g/mol. The molecule has 1 aliphatic heterocycles. The van der Waals surface area contributed by atoms with E-state index in [0.29, 0.717) is 6.42 Å². The normalized spacial score (nSPS) is 16.0. The molecule has 7 nitrogen and oxygen atoms in total. The van der Waals surface area contributed by atoms with Crippen molar-refractivity contribution in [3.8, 4) is 11.1 Å². The maximum Gasteiger partial charge on any atom is 0.407 e. The highest BCUT2D eigenvalue weighted by Gasteiger charge is 2.38. The van der Waals surface area contributed by atoms with Crippen molar-refractivity contribution in [3.63, 3.8) is 0 Å². The Morgan fingerprint density at radius 1 is 1.06 bits per heavy atom. The summed E-state index contributed by atoms with van der Waals surface area (Å²) in [7, 11) is 0. The van der Waals surface area contributed by atoms with E-state index in [1.165, 1.54) is 4.90 Å². The SMILES string of the molecule is CCCCC(NC(=O)OCC1c2ccccc2-c2ccccc21)C(=O)N1CC(C(=O)O)C1. The number of fused-ring (bicyclic) bond motifs is 3. The molecular weight excluding hydrogens is 408 g/mol. The Morgan fingerprint density at radius 3 is 2.22 bits per heavy atom. The molecule has 1 saturated heterocycles. The number of carbonyl (C=O) groups is 3. The molecule has 2 aromatic carbocycles. The first kappa shape index (κ1) is 21.9. The molecule has 0 bridgehead atoms. The first-order valence-corrected chi connectivity index (χ1v) is 11.1. The van der Waals surface area contributed by atoms with Crippen molar-refractivity contribution < 1.29 is 24.2 Å². The first-order chi connectivity index (χ1) is 15.5. The lowest BCUT2D eigenvalue weighted by Crippen LogP contribution is -2.58. The van der Waals surface area contributed by atoms with Crippen LogP contribution in [0.2, 0.25) is 0 Å². The van der Waals surface area contributed by atoms with Crippen molar-refractivity contribution in [2.24, 2.45) is 5.92 Å². The number of amides is 2. The predicted molar refractivity (Wildman–Crippen MR) is 119 cm³/mol. The number of alkyl carbamates (subject to hydrolysis) is 1. The van der Waals surface area contributed by atoms with Crippen LogP contribution in [0, 0.1) is 5.92 Å². The summed E-state index contributed by atoms with van der Waals surface area (Å²) in [4.78, 5) is 37.9. The minimum absolute atomic E-state index is 0.0512. The summed E-state index contributed by atoms with van der Waals surface area (Å²) in [5.74, 6) is -1.72. The largest absolute Gasteiger partial charge is 0.481 e. The van der Waals surface area contributed by atoms with Gasteiger partial charge in [-0.3, -0.25) is 9.59 Å². The van der Waals surface area contributed by atoms with E-state index in [1.54, 1.807) is 0 Å².